The fourth-order valence-electron chi connectivity index (χ4n) is 3.31. The van der Waals surface area contributed by atoms with Crippen LogP contribution in [0.15, 0.2) is 64.2 Å². The van der Waals surface area contributed by atoms with Gasteiger partial charge in [-0.15, -0.1) is 0 Å². The predicted octanol–water partition coefficient (Wildman–Crippen LogP) is 3.69. The molecule has 0 radical (unpaired) electrons. The van der Waals surface area contributed by atoms with E-state index in [1.807, 2.05) is 24.3 Å². The van der Waals surface area contributed by atoms with Gasteiger partial charge in [-0.2, -0.15) is 0 Å². The van der Waals surface area contributed by atoms with Gasteiger partial charge in [0.2, 0.25) is 16.7 Å². The zero-order chi connectivity index (χ0) is 22.1. The van der Waals surface area contributed by atoms with Crippen molar-refractivity contribution in [1.29, 1.82) is 0 Å². The number of benzene rings is 2. The number of carbonyl (C=O) groups is 1. The monoisotopic (exact) mass is 436 g/mol. The number of pyridine rings is 1. The van der Waals surface area contributed by atoms with Crippen molar-refractivity contribution in [2.45, 2.75) is 19.4 Å². The van der Waals surface area contributed by atoms with Crippen LogP contribution in [0.5, 0.6) is 11.6 Å². The van der Waals surface area contributed by atoms with Crippen LogP contribution in [0.25, 0.3) is 10.8 Å². The lowest BCUT2D eigenvalue weighted by Crippen LogP contribution is -2.42. The second kappa shape index (κ2) is 8.20. The molecule has 0 saturated heterocycles. The number of nitrogens with zero attached hydrogens (tertiary/aromatic N) is 1. The van der Waals surface area contributed by atoms with E-state index in [1.165, 1.54) is 6.92 Å². The van der Waals surface area contributed by atoms with Gasteiger partial charge in [0.25, 0.3) is 0 Å². The highest BCUT2D eigenvalue weighted by molar-refractivity contribution is 6.30. The molecule has 31 heavy (non-hydrogen) atoms. The lowest BCUT2D eigenvalue weighted by molar-refractivity contribution is -0.137. The van der Waals surface area contributed by atoms with E-state index in [-0.39, 0.29) is 17.7 Å². The average Bonchev–Trinajstić information content (AvgIpc) is 2.76. The summed E-state index contributed by atoms with van der Waals surface area (Å²) in [6, 6.07) is 15.1. The predicted molar refractivity (Wildman–Crippen MR) is 118 cm³/mol. The van der Waals surface area contributed by atoms with Gasteiger partial charge in [0.05, 0.1) is 5.69 Å². The Bertz CT molecular complexity index is 1360. The number of ether oxygens (including phenoxy) is 1. The van der Waals surface area contributed by atoms with Gasteiger partial charge in [-0.1, -0.05) is 41.9 Å². The first kappa shape index (κ1) is 20.6. The van der Waals surface area contributed by atoms with Gasteiger partial charge in [0, 0.05) is 17.4 Å². The van der Waals surface area contributed by atoms with Crippen molar-refractivity contribution in [2.24, 2.45) is 0 Å². The van der Waals surface area contributed by atoms with Crippen LogP contribution in [0.3, 0.4) is 0 Å². The quantitative estimate of drug-likeness (QED) is 0.336. The van der Waals surface area contributed by atoms with Crippen LogP contribution in [0.2, 0.25) is 5.15 Å². The minimum Gasteiger partial charge on any atom is -0.480 e. The molecule has 0 saturated carbocycles. The van der Waals surface area contributed by atoms with Crippen molar-refractivity contribution >= 4 is 34.0 Å². The van der Waals surface area contributed by atoms with Gasteiger partial charge in [-0.3, -0.25) is 9.59 Å². The third-order valence-electron chi connectivity index (χ3n) is 5.02. The number of nitrogens with one attached hydrogen (secondary N) is 1. The lowest BCUT2D eigenvalue weighted by Gasteiger charge is -2.18. The van der Waals surface area contributed by atoms with Crippen LogP contribution >= 0.6 is 11.6 Å². The zero-order valence-corrected chi connectivity index (χ0v) is 17.1. The van der Waals surface area contributed by atoms with E-state index in [4.69, 9.17) is 16.3 Å². The molecule has 8 heteroatoms. The molecule has 4 aromatic rings. The maximum absolute atomic E-state index is 11.6. The summed E-state index contributed by atoms with van der Waals surface area (Å²) in [7, 11) is 0. The lowest BCUT2D eigenvalue weighted by atomic mass is 10.0. The van der Waals surface area contributed by atoms with Gasteiger partial charge in [-0.25, -0.2) is 9.78 Å². The number of rotatable bonds is 7. The summed E-state index contributed by atoms with van der Waals surface area (Å²) < 4.78 is 5.89. The molecule has 0 unspecified atom stereocenters. The van der Waals surface area contributed by atoms with Crippen LogP contribution in [-0.2, 0) is 11.2 Å². The number of hydrogen-bond donors (Lipinski definition) is 2. The highest BCUT2D eigenvalue weighted by Gasteiger charge is 2.24. The van der Waals surface area contributed by atoms with E-state index in [2.05, 4.69) is 10.3 Å². The highest BCUT2D eigenvalue weighted by atomic mass is 35.5. The van der Waals surface area contributed by atoms with Gasteiger partial charge >= 0.3 is 5.97 Å². The number of carboxylic acid groups (broad SMARTS) is 1. The number of carboxylic acids is 1. The third kappa shape index (κ3) is 4.13. The number of fused-ring (bicyclic) bond motifs is 1. The molecule has 0 spiro atoms. The first-order valence-corrected chi connectivity index (χ1v) is 9.82. The van der Waals surface area contributed by atoms with Gasteiger partial charge < -0.3 is 15.2 Å². The summed E-state index contributed by atoms with van der Waals surface area (Å²) in [5.74, 6) is -0.235. The smallest absolute Gasteiger partial charge is 0.326 e. The van der Waals surface area contributed by atoms with Crippen LogP contribution in [0.4, 0.5) is 5.69 Å². The van der Waals surface area contributed by atoms with Crippen molar-refractivity contribution in [2.75, 3.05) is 5.32 Å². The topological polar surface area (TPSA) is 106 Å². The minimum absolute atomic E-state index is 0.0660. The van der Waals surface area contributed by atoms with Gasteiger partial charge in [0.1, 0.15) is 16.9 Å². The Morgan fingerprint density at radius 1 is 1.13 bits per heavy atom. The molecule has 1 atom stereocenters. The molecule has 0 fully saturated rings. The molecule has 1 aromatic heterocycles. The molecule has 0 aliphatic carbocycles. The second-order valence-corrected chi connectivity index (χ2v) is 7.50. The summed E-state index contributed by atoms with van der Waals surface area (Å²) in [5.41, 5.74) is -0.242. The summed E-state index contributed by atoms with van der Waals surface area (Å²) in [5, 5.41) is 14.2. The molecule has 7 nitrogen and oxygen atoms in total. The fourth-order valence-corrected chi connectivity index (χ4v) is 3.50. The molecule has 3 aromatic carbocycles. The Labute approximate surface area is 181 Å². The number of anilines is 1. The van der Waals surface area contributed by atoms with Crippen molar-refractivity contribution in [1.82, 2.24) is 4.98 Å². The van der Waals surface area contributed by atoms with E-state index in [1.54, 1.807) is 30.3 Å². The van der Waals surface area contributed by atoms with Gasteiger partial charge in [-0.05, 0) is 42.1 Å². The fraction of sp³-hybridized carbons (Fsp3) is 0.130. The maximum Gasteiger partial charge on any atom is 0.326 e. The molecule has 0 amide bonds. The summed E-state index contributed by atoms with van der Waals surface area (Å²) >= 11 is 6.09. The zero-order valence-electron chi connectivity index (χ0n) is 16.4. The van der Waals surface area contributed by atoms with Crippen LogP contribution in [0, 0.1) is 6.92 Å². The Balaban J connectivity index is 1.51. The minimum atomic E-state index is -1.12. The number of hydrogen-bond acceptors (Lipinski definition) is 6. The number of aromatic nitrogens is 1. The maximum atomic E-state index is 11.6. The van der Waals surface area contributed by atoms with E-state index in [0.29, 0.717) is 22.3 Å². The van der Waals surface area contributed by atoms with Crippen molar-refractivity contribution in [3.63, 3.8) is 0 Å². The molecule has 0 bridgehead atoms. The molecule has 4 rings (SSSR count). The highest BCUT2D eigenvalue weighted by Crippen LogP contribution is 2.30. The van der Waals surface area contributed by atoms with E-state index in [0.717, 1.165) is 10.8 Å². The first-order valence-electron chi connectivity index (χ1n) is 9.45. The molecule has 2 N–H and O–H groups in total. The Morgan fingerprint density at radius 2 is 1.84 bits per heavy atom. The molecular weight excluding hydrogens is 420 g/mol. The van der Waals surface area contributed by atoms with Gasteiger partial charge in [0.15, 0.2) is 0 Å². The summed E-state index contributed by atoms with van der Waals surface area (Å²) in [4.78, 5) is 38.8. The van der Waals surface area contributed by atoms with Crippen LogP contribution in [-0.4, -0.2) is 22.1 Å². The largest absolute Gasteiger partial charge is 0.480 e. The molecular formula is C23H17ClN2O5. The van der Waals surface area contributed by atoms with Crippen molar-refractivity contribution in [3.8, 4) is 11.6 Å². The van der Waals surface area contributed by atoms with Crippen molar-refractivity contribution < 1.29 is 14.6 Å². The SMILES string of the molecule is Cc1c(N[C@@H](Cc2ccc(Oc3nc(Cl)cc4ccccc34)cc2)C(=O)O)c(=O)c1=O. The second-order valence-electron chi connectivity index (χ2n) is 7.11. The van der Waals surface area contributed by atoms with E-state index >= 15 is 0 Å². The molecule has 0 aliphatic rings. The van der Waals surface area contributed by atoms with Crippen LogP contribution < -0.4 is 20.9 Å². The molecule has 1 heterocycles. The number of halogens is 1. The summed E-state index contributed by atoms with van der Waals surface area (Å²) in [6.07, 6.45) is 0.117. The average molecular weight is 437 g/mol. The summed E-state index contributed by atoms with van der Waals surface area (Å²) in [6.45, 7) is 1.49. The van der Waals surface area contributed by atoms with Crippen molar-refractivity contribution in [3.05, 3.63) is 91.3 Å². The van der Waals surface area contributed by atoms with E-state index in [9.17, 15) is 19.5 Å². The third-order valence-corrected chi connectivity index (χ3v) is 5.21. The standard InChI is InChI=1S/C23H17ClN2O5/c1-12-19(21(28)20(12)27)25-17(23(29)30)10-13-6-8-15(9-7-13)31-22-16-5-3-2-4-14(16)11-18(24)26-22/h2-9,11,17,25H,10H2,1H3,(H,29,30)/t17-/m0/s1. The normalized spacial score (nSPS) is 12.1. The molecule has 0 aliphatic heterocycles. The Morgan fingerprint density at radius 3 is 2.52 bits per heavy atom. The Kier molecular flexibility index (Phi) is 5.44. The first-order chi connectivity index (χ1) is 14.8. The molecule has 156 valence electrons. The number of aliphatic carboxylic acids is 1. The Hall–Kier alpha value is -3.71. The van der Waals surface area contributed by atoms with E-state index < -0.39 is 22.9 Å². The van der Waals surface area contributed by atoms with Crippen LogP contribution in [0.1, 0.15) is 11.1 Å².